The topological polar surface area (TPSA) is 37.4 Å². The van der Waals surface area contributed by atoms with Crippen molar-refractivity contribution in [3.63, 3.8) is 0 Å². The molecule has 2 aliphatic rings. The average molecular weight is 636 g/mol. The SMILES string of the molecule is Cc1cc2cc3c(cc2s1)C(=O)/C(=C/c1ccc(N2c4ccccc4[Se]c4cc(Cl)ccc42)[se]1)C3=O. The van der Waals surface area contributed by atoms with Crippen molar-refractivity contribution < 1.29 is 9.59 Å². The molecule has 2 aromatic heterocycles. The normalized spacial score (nSPS) is 15.5. The van der Waals surface area contributed by atoms with Gasteiger partial charge in [-0.3, -0.25) is 0 Å². The number of nitrogens with zero attached hydrogens (tertiary/aromatic N) is 1. The zero-order valence-electron chi connectivity index (χ0n) is 18.9. The van der Waals surface area contributed by atoms with Gasteiger partial charge in [-0.1, -0.05) is 0 Å². The van der Waals surface area contributed by atoms with Crippen LogP contribution in [0, 0.1) is 6.92 Å². The van der Waals surface area contributed by atoms with Gasteiger partial charge in [0.05, 0.1) is 0 Å². The van der Waals surface area contributed by atoms with Crippen LogP contribution in [0.4, 0.5) is 15.9 Å². The fraction of sp³-hybridized carbons (Fsp3) is 0.0345. The van der Waals surface area contributed by atoms with Crippen molar-refractivity contribution in [3.8, 4) is 0 Å². The number of aryl methyl sites for hydroxylation is 1. The molecule has 0 atom stereocenters. The fourth-order valence-corrected chi connectivity index (χ4v) is 10.4. The van der Waals surface area contributed by atoms with Crippen molar-refractivity contribution in [2.24, 2.45) is 0 Å². The van der Waals surface area contributed by atoms with Crippen LogP contribution in [0.5, 0.6) is 0 Å². The molecule has 0 radical (unpaired) electrons. The Labute approximate surface area is 228 Å². The van der Waals surface area contributed by atoms with Gasteiger partial charge in [0, 0.05) is 0 Å². The number of Topliss-reactive ketones (excluding diaryl/α,β-unsaturated/α-hetero) is 2. The molecule has 0 fully saturated rings. The van der Waals surface area contributed by atoms with Crippen molar-refractivity contribution in [2.45, 2.75) is 6.92 Å². The quantitative estimate of drug-likeness (QED) is 0.137. The van der Waals surface area contributed by atoms with Gasteiger partial charge in [0.2, 0.25) is 0 Å². The van der Waals surface area contributed by atoms with Gasteiger partial charge < -0.3 is 0 Å². The monoisotopic (exact) mass is 637 g/mol. The predicted molar refractivity (Wildman–Crippen MR) is 151 cm³/mol. The molecule has 5 aromatic rings. The van der Waals surface area contributed by atoms with Crippen LogP contribution in [0.2, 0.25) is 5.02 Å². The van der Waals surface area contributed by atoms with Gasteiger partial charge >= 0.3 is 230 Å². The van der Waals surface area contributed by atoms with Gasteiger partial charge in [0.1, 0.15) is 0 Å². The van der Waals surface area contributed by atoms with Gasteiger partial charge in [-0.2, -0.15) is 0 Å². The van der Waals surface area contributed by atoms with E-state index in [9.17, 15) is 9.59 Å². The standard InChI is InChI=1S/C29H16ClNO2SSe2/c1-15-10-16-11-19-20(14-24(16)34-15)29(33)21(28(19)32)13-18-7-9-27(35-18)31-22-4-2-3-5-25(22)36-26-12-17(30)6-8-23(26)31/h2-14H,1H3/b21-13+. The summed E-state index contributed by atoms with van der Waals surface area (Å²) in [6.07, 6.45) is 1.82. The number of para-hydroxylation sites is 1. The number of carbonyl (C=O) groups excluding carboxylic acids is 2. The number of fused-ring (bicyclic) bond motifs is 4. The first-order chi connectivity index (χ1) is 17.5. The number of ketones is 2. The second-order valence-electron chi connectivity index (χ2n) is 8.70. The van der Waals surface area contributed by atoms with Crippen molar-refractivity contribution in [3.05, 3.63) is 104 Å². The summed E-state index contributed by atoms with van der Waals surface area (Å²) in [5, 5.41) is 1.77. The molecule has 36 heavy (non-hydrogen) atoms. The molecule has 0 bridgehead atoms. The molecule has 0 saturated carbocycles. The number of halogens is 1. The molecule has 0 spiro atoms. The Morgan fingerprint density at radius 2 is 1.64 bits per heavy atom. The summed E-state index contributed by atoms with van der Waals surface area (Å²) in [6, 6.07) is 24.6. The van der Waals surface area contributed by atoms with Crippen LogP contribution < -0.4 is 13.8 Å². The number of anilines is 3. The van der Waals surface area contributed by atoms with E-state index >= 15 is 0 Å². The molecule has 1 aliphatic heterocycles. The number of hydrogen-bond acceptors (Lipinski definition) is 4. The Hall–Kier alpha value is -2.69. The second kappa shape index (κ2) is 8.43. The first-order valence-corrected chi connectivity index (χ1v) is 15.9. The van der Waals surface area contributed by atoms with Gasteiger partial charge in [-0.25, -0.2) is 0 Å². The number of carbonyl (C=O) groups is 2. The Morgan fingerprint density at radius 3 is 2.50 bits per heavy atom. The minimum atomic E-state index is -0.170. The average Bonchev–Trinajstić information content (AvgIpc) is 3.54. The van der Waals surface area contributed by atoms with Gasteiger partial charge in [0.25, 0.3) is 0 Å². The van der Waals surface area contributed by atoms with Gasteiger partial charge in [0.15, 0.2) is 0 Å². The van der Waals surface area contributed by atoms with E-state index in [1.54, 1.807) is 11.3 Å². The van der Waals surface area contributed by atoms with E-state index in [2.05, 4.69) is 53.4 Å². The Morgan fingerprint density at radius 1 is 0.861 bits per heavy atom. The summed E-state index contributed by atoms with van der Waals surface area (Å²) < 4.78 is 5.81. The third-order valence-electron chi connectivity index (χ3n) is 6.37. The number of rotatable bonds is 2. The first kappa shape index (κ1) is 22.5. The molecule has 0 unspecified atom stereocenters. The summed E-state index contributed by atoms with van der Waals surface area (Å²) >= 11 is 8.10. The zero-order valence-corrected chi connectivity index (χ0v) is 23.9. The van der Waals surface area contributed by atoms with E-state index < -0.39 is 0 Å². The molecule has 3 aromatic carbocycles. The van der Waals surface area contributed by atoms with Crippen molar-refractivity contribution in [2.75, 3.05) is 4.90 Å². The Kier molecular flexibility index (Phi) is 5.27. The van der Waals surface area contributed by atoms with E-state index in [1.807, 2.05) is 37.3 Å². The van der Waals surface area contributed by atoms with Crippen LogP contribution >= 0.6 is 22.9 Å². The molecule has 7 rings (SSSR count). The summed E-state index contributed by atoms with van der Waals surface area (Å²) in [7, 11) is 0. The van der Waals surface area contributed by atoms with E-state index in [4.69, 9.17) is 11.6 Å². The minimum absolute atomic E-state index is 0.0614. The zero-order chi connectivity index (χ0) is 24.6. The van der Waals surface area contributed by atoms with Crippen molar-refractivity contribution in [1.82, 2.24) is 0 Å². The van der Waals surface area contributed by atoms with Crippen LogP contribution in [-0.2, 0) is 0 Å². The third-order valence-corrected chi connectivity index (χ3v) is 12.1. The fourth-order valence-electron chi connectivity index (χ4n) is 4.77. The summed E-state index contributed by atoms with van der Waals surface area (Å²) in [5.41, 5.74) is 3.67. The summed E-state index contributed by atoms with van der Waals surface area (Å²) in [4.78, 5) is 30.0. The second-order valence-corrected chi connectivity index (χ2v) is 15.0. The molecule has 174 valence electrons. The molecule has 0 amide bonds. The maximum absolute atomic E-state index is 13.2. The molecule has 1 aliphatic carbocycles. The predicted octanol–water partition coefficient (Wildman–Crippen LogP) is 5.82. The molecule has 0 saturated heterocycles. The van der Waals surface area contributed by atoms with Crippen LogP contribution in [-0.4, -0.2) is 41.0 Å². The Bertz CT molecular complexity index is 1740. The van der Waals surface area contributed by atoms with Crippen LogP contribution in [0.25, 0.3) is 16.2 Å². The van der Waals surface area contributed by atoms with Crippen molar-refractivity contribution >= 4 is 105 Å². The third kappa shape index (κ3) is 3.53. The molecule has 0 N–H and O–H groups in total. The summed E-state index contributed by atoms with van der Waals surface area (Å²) in [6.45, 7) is 2.04. The number of allylic oxidation sites excluding steroid dienone is 1. The molecule has 7 heteroatoms. The number of thiophene rings is 1. The van der Waals surface area contributed by atoms with E-state index in [-0.39, 0.29) is 46.6 Å². The summed E-state index contributed by atoms with van der Waals surface area (Å²) in [5.74, 6) is -0.337. The molecule has 3 heterocycles. The molecular formula is C29H16ClNO2SSe2. The van der Waals surface area contributed by atoms with E-state index in [0.717, 1.165) is 25.2 Å². The van der Waals surface area contributed by atoms with Crippen LogP contribution in [0.3, 0.4) is 0 Å². The number of hydrogen-bond donors (Lipinski definition) is 0. The molecule has 3 nitrogen and oxygen atoms in total. The van der Waals surface area contributed by atoms with E-state index in [1.165, 1.54) is 24.0 Å². The van der Waals surface area contributed by atoms with Gasteiger partial charge in [-0.05, 0) is 0 Å². The van der Waals surface area contributed by atoms with Crippen LogP contribution in [0.1, 0.15) is 30.0 Å². The first-order valence-electron chi connectivity index (χ1n) is 11.3. The Balaban J connectivity index is 1.29. The van der Waals surface area contributed by atoms with Crippen molar-refractivity contribution in [1.29, 1.82) is 0 Å². The van der Waals surface area contributed by atoms with Crippen LogP contribution in [0.15, 0.2) is 78.4 Å². The maximum atomic E-state index is 13.2. The van der Waals surface area contributed by atoms with E-state index in [0.29, 0.717) is 11.1 Å². The number of benzene rings is 3. The molecular weight excluding hydrogens is 620 g/mol. The van der Waals surface area contributed by atoms with Gasteiger partial charge in [-0.15, -0.1) is 0 Å².